The maximum absolute atomic E-state index is 6.03. The minimum atomic E-state index is 0.0780. The molecule has 3 heteroatoms. The van der Waals surface area contributed by atoms with Gasteiger partial charge >= 0.3 is 0 Å². The van der Waals surface area contributed by atoms with Crippen LogP contribution in [0.3, 0.4) is 0 Å². The summed E-state index contributed by atoms with van der Waals surface area (Å²) >= 11 is 3.56. The monoisotopic (exact) mass is 343 g/mol. The third-order valence-corrected chi connectivity index (χ3v) is 4.54. The highest BCUT2D eigenvalue weighted by molar-refractivity contribution is 9.10. The maximum Gasteiger partial charge on any atom is 0.134 e. The molecule has 2 aromatic carbocycles. The topological polar surface area (TPSA) is 25.2 Å². The molecule has 0 amide bonds. The number of para-hydroxylation sites is 1. The van der Waals surface area contributed by atoms with E-state index >= 15 is 0 Å². The molecule has 3 aromatic rings. The summed E-state index contributed by atoms with van der Waals surface area (Å²) in [4.78, 5) is 0. The van der Waals surface area contributed by atoms with Crippen LogP contribution in [0.4, 0.5) is 0 Å². The van der Waals surface area contributed by atoms with Gasteiger partial charge in [-0.2, -0.15) is 0 Å². The second-order valence-corrected chi connectivity index (χ2v) is 6.04. The Hall–Kier alpha value is -1.58. The maximum atomic E-state index is 6.03. The predicted octanol–water partition coefficient (Wildman–Crippen LogP) is 5.20. The van der Waals surface area contributed by atoms with Crippen molar-refractivity contribution >= 4 is 26.9 Å². The fourth-order valence-corrected chi connectivity index (χ4v) is 2.83. The zero-order valence-corrected chi connectivity index (χ0v) is 13.8. The average Bonchev–Trinajstić information content (AvgIpc) is 2.91. The Morgan fingerprint density at radius 1 is 1.14 bits per heavy atom. The van der Waals surface area contributed by atoms with Crippen molar-refractivity contribution in [1.82, 2.24) is 5.32 Å². The van der Waals surface area contributed by atoms with Gasteiger partial charge in [0.05, 0.1) is 6.04 Å². The second kappa shape index (κ2) is 6.04. The van der Waals surface area contributed by atoms with E-state index < -0.39 is 0 Å². The van der Waals surface area contributed by atoms with Crippen LogP contribution in [0.2, 0.25) is 0 Å². The van der Waals surface area contributed by atoms with Crippen molar-refractivity contribution in [3.8, 4) is 0 Å². The molecule has 0 aliphatic heterocycles. The molecule has 2 nitrogen and oxygen atoms in total. The van der Waals surface area contributed by atoms with Gasteiger partial charge in [-0.25, -0.2) is 0 Å². The van der Waals surface area contributed by atoms with E-state index in [1.54, 1.807) is 0 Å². The number of nitrogens with one attached hydrogen (secondary N) is 1. The van der Waals surface area contributed by atoms with Gasteiger partial charge in [0.15, 0.2) is 0 Å². The molecule has 0 saturated heterocycles. The van der Waals surface area contributed by atoms with E-state index in [1.165, 1.54) is 11.1 Å². The Kier molecular flexibility index (Phi) is 4.13. The lowest BCUT2D eigenvalue weighted by molar-refractivity contribution is 0.477. The quantitative estimate of drug-likeness (QED) is 0.703. The molecule has 1 aromatic heterocycles. The Morgan fingerprint density at radius 2 is 1.95 bits per heavy atom. The molecular formula is C18H18BrNO. The molecule has 1 unspecified atom stereocenters. The van der Waals surface area contributed by atoms with Crippen LogP contribution < -0.4 is 5.32 Å². The molecule has 0 bridgehead atoms. The predicted molar refractivity (Wildman–Crippen MR) is 90.6 cm³/mol. The van der Waals surface area contributed by atoms with Gasteiger partial charge in [-0.1, -0.05) is 53.2 Å². The number of rotatable bonds is 4. The van der Waals surface area contributed by atoms with Crippen LogP contribution in [0, 0.1) is 6.92 Å². The van der Waals surface area contributed by atoms with Gasteiger partial charge in [-0.3, -0.25) is 0 Å². The van der Waals surface area contributed by atoms with Gasteiger partial charge in [0.25, 0.3) is 0 Å². The van der Waals surface area contributed by atoms with Crippen molar-refractivity contribution in [2.45, 2.75) is 19.9 Å². The van der Waals surface area contributed by atoms with Crippen LogP contribution in [0.25, 0.3) is 11.0 Å². The normalized spacial score (nSPS) is 12.7. The zero-order valence-electron chi connectivity index (χ0n) is 12.2. The van der Waals surface area contributed by atoms with Crippen LogP contribution in [0.1, 0.15) is 29.9 Å². The highest BCUT2D eigenvalue weighted by atomic mass is 79.9. The van der Waals surface area contributed by atoms with Crippen LogP contribution in [0.15, 0.2) is 57.4 Å². The number of fused-ring (bicyclic) bond motifs is 1. The van der Waals surface area contributed by atoms with Crippen LogP contribution in [-0.2, 0) is 0 Å². The smallest absolute Gasteiger partial charge is 0.134 e. The van der Waals surface area contributed by atoms with Gasteiger partial charge < -0.3 is 9.73 Å². The molecule has 21 heavy (non-hydrogen) atoms. The summed E-state index contributed by atoms with van der Waals surface area (Å²) < 4.78 is 7.16. The molecule has 108 valence electrons. The highest BCUT2D eigenvalue weighted by Crippen LogP contribution is 2.30. The minimum absolute atomic E-state index is 0.0780. The van der Waals surface area contributed by atoms with E-state index in [0.717, 1.165) is 27.7 Å². The first kappa shape index (κ1) is 14.4. The fourth-order valence-electron chi connectivity index (χ4n) is 2.58. The van der Waals surface area contributed by atoms with Crippen molar-refractivity contribution in [3.05, 3.63) is 69.9 Å². The molecule has 3 rings (SSSR count). The van der Waals surface area contributed by atoms with Crippen molar-refractivity contribution in [3.63, 3.8) is 0 Å². The molecule has 0 radical (unpaired) electrons. The van der Waals surface area contributed by atoms with Crippen LogP contribution >= 0.6 is 15.9 Å². The lowest BCUT2D eigenvalue weighted by Crippen LogP contribution is -2.21. The summed E-state index contributed by atoms with van der Waals surface area (Å²) in [5.41, 5.74) is 3.38. The Bertz CT molecular complexity index is 730. The number of benzene rings is 2. The van der Waals surface area contributed by atoms with E-state index in [4.69, 9.17) is 4.42 Å². The Morgan fingerprint density at radius 3 is 2.67 bits per heavy atom. The van der Waals surface area contributed by atoms with Crippen molar-refractivity contribution in [2.75, 3.05) is 6.54 Å². The van der Waals surface area contributed by atoms with E-state index in [2.05, 4.69) is 65.4 Å². The zero-order chi connectivity index (χ0) is 14.8. The SMILES string of the molecule is CCNC(c1ccc(Br)c(C)c1)c1cc2ccccc2o1. The summed E-state index contributed by atoms with van der Waals surface area (Å²) in [5, 5.41) is 4.66. The van der Waals surface area contributed by atoms with Crippen LogP contribution in [0.5, 0.6) is 0 Å². The second-order valence-electron chi connectivity index (χ2n) is 5.19. The third-order valence-electron chi connectivity index (χ3n) is 3.65. The average molecular weight is 344 g/mol. The largest absolute Gasteiger partial charge is 0.459 e. The van der Waals surface area contributed by atoms with Gasteiger partial charge in [-0.15, -0.1) is 0 Å². The third kappa shape index (κ3) is 2.89. The standard InChI is InChI=1S/C18H18BrNO/c1-3-20-18(14-8-9-15(19)12(2)10-14)17-11-13-6-4-5-7-16(13)21-17/h4-11,18,20H,3H2,1-2H3. The van der Waals surface area contributed by atoms with E-state index in [9.17, 15) is 0 Å². The van der Waals surface area contributed by atoms with Crippen LogP contribution in [-0.4, -0.2) is 6.54 Å². The first-order valence-electron chi connectivity index (χ1n) is 7.17. The minimum Gasteiger partial charge on any atom is -0.459 e. The molecule has 0 spiro atoms. The highest BCUT2D eigenvalue weighted by Gasteiger charge is 2.18. The van der Waals surface area contributed by atoms with Gasteiger partial charge in [0.2, 0.25) is 0 Å². The first-order valence-corrected chi connectivity index (χ1v) is 7.96. The van der Waals surface area contributed by atoms with Crippen molar-refractivity contribution in [1.29, 1.82) is 0 Å². The number of furan rings is 1. The van der Waals surface area contributed by atoms with Gasteiger partial charge in [-0.05, 0) is 42.8 Å². The van der Waals surface area contributed by atoms with Gasteiger partial charge in [0.1, 0.15) is 11.3 Å². The van der Waals surface area contributed by atoms with Crippen molar-refractivity contribution < 1.29 is 4.42 Å². The number of aryl methyl sites for hydroxylation is 1. The Labute approximate surface area is 133 Å². The van der Waals surface area contributed by atoms with Gasteiger partial charge in [0, 0.05) is 9.86 Å². The summed E-state index contributed by atoms with van der Waals surface area (Å²) in [6, 6.07) is 16.8. The summed E-state index contributed by atoms with van der Waals surface area (Å²) in [7, 11) is 0. The molecular weight excluding hydrogens is 326 g/mol. The Balaban J connectivity index is 2.05. The lowest BCUT2D eigenvalue weighted by Gasteiger charge is -2.17. The molecule has 1 N–H and O–H groups in total. The van der Waals surface area contributed by atoms with Crippen molar-refractivity contribution in [2.24, 2.45) is 0 Å². The number of hydrogen-bond donors (Lipinski definition) is 1. The number of hydrogen-bond acceptors (Lipinski definition) is 2. The lowest BCUT2D eigenvalue weighted by atomic mass is 10.0. The van der Waals surface area contributed by atoms with E-state index in [0.29, 0.717) is 0 Å². The molecule has 0 saturated carbocycles. The summed E-state index contributed by atoms with van der Waals surface area (Å²) in [6.07, 6.45) is 0. The fraction of sp³-hybridized carbons (Fsp3) is 0.222. The molecule has 0 aliphatic rings. The summed E-state index contributed by atoms with van der Waals surface area (Å²) in [5.74, 6) is 0.958. The van der Waals surface area contributed by atoms with E-state index in [1.807, 2.05) is 18.2 Å². The summed E-state index contributed by atoms with van der Waals surface area (Å²) in [6.45, 7) is 5.10. The first-order chi connectivity index (χ1) is 10.2. The number of halogens is 1. The molecule has 1 heterocycles. The molecule has 0 aliphatic carbocycles. The molecule has 1 atom stereocenters. The molecule has 0 fully saturated rings. The van der Waals surface area contributed by atoms with E-state index in [-0.39, 0.29) is 6.04 Å².